The molecule has 4 N–H and O–H groups in total. The largest absolute Gasteiger partial charge is 0.397 e. The number of amides is 1. The summed E-state index contributed by atoms with van der Waals surface area (Å²) in [6.07, 6.45) is 0.786. The van der Waals surface area contributed by atoms with Crippen LogP contribution in [0.15, 0.2) is 0 Å². The number of hydrogen-bond acceptors (Lipinski definition) is 6. The standard InChI is InChI=1S/C13H20N4O2S2/c1-8-9-10(14)11(21-13(9)17(2)16-8)12(19)15-4-7-20-6-3-5-18/h18H,3-7,14H2,1-2H3,(H,15,19). The van der Waals surface area contributed by atoms with E-state index in [9.17, 15) is 4.79 Å². The zero-order valence-electron chi connectivity index (χ0n) is 12.2. The highest BCUT2D eigenvalue weighted by Gasteiger charge is 2.20. The van der Waals surface area contributed by atoms with E-state index < -0.39 is 0 Å². The third-order valence-corrected chi connectivity index (χ3v) is 5.41. The summed E-state index contributed by atoms with van der Waals surface area (Å²) in [6.45, 7) is 2.70. The highest BCUT2D eigenvalue weighted by Crippen LogP contribution is 2.35. The molecule has 2 aromatic rings. The Hall–Kier alpha value is -1.25. The molecule has 0 fully saturated rings. The number of aliphatic hydroxyl groups is 1. The van der Waals surface area contributed by atoms with Gasteiger partial charge in [-0.2, -0.15) is 16.9 Å². The van der Waals surface area contributed by atoms with Crippen LogP contribution in [-0.2, 0) is 7.05 Å². The SMILES string of the molecule is Cc1nn(C)c2sc(C(=O)NCCSCCCO)c(N)c12. The lowest BCUT2D eigenvalue weighted by Crippen LogP contribution is -2.25. The molecular weight excluding hydrogens is 308 g/mol. The van der Waals surface area contributed by atoms with Gasteiger partial charge in [-0.25, -0.2) is 0 Å². The summed E-state index contributed by atoms with van der Waals surface area (Å²) in [5.74, 6) is 1.61. The summed E-state index contributed by atoms with van der Waals surface area (Å²) in [5, 5.41) is 16.8. The normalized spacial score (nSPS) is 11.2. The van der Waals surface area contributed by atoms with E-state index >= 15 is 0 Å². The van der Waals surface area contributed by atoms with Crippen LogP contribution in [0.1, 0.15) is 21.8 Å². The van der Waals surface area contributed by atoms with E-state index in [1.165, 1.54) is 11.3 Å². The minimum absolute atomic E-state index is 0.129. The lowest BCUT2D eigenvalue weighted by Gasteiger charge is -2.04. The molecule has 0 aliphatic heterocycles. The van der Waals surface area contributed by atoms with Crippen LogP contribution in [-0.4, -0.2) is 45.5 Å². The Labute approximate surface area is 131 Å². The Balaban J connectivity index is 1.97. The van der Waals surface area contributed by atoms with E-state index in [1.54, 1.807) is 16.4 Å². The average molecular weight is 328 g/mol. The highest BCUT2D eigenvalue weighted by molar-refractivity contribution is 7.99. The van der Waals surface area contributed by atoms with Crippen LogP contribution in [0.3, 0.4) is 0 Å². The monoisotopic (exact) mass is 328 g/mol. The van der Waals surface area contributed by atoms with Gasteiger partial charge >= 0.3 is 0 Å². The summed E-state index contributed by atoms with van der Waals surface area (Å²) in [6, 6.07) is 0. The summed E-state index contributed by atoms with van der Waals surface area (Å²) < 4.78 is 1.76. The molecular formula is C13H20N4O2S2. The quantitative estimate of drug-likeness (QED) is 0.668. The minimum atomic E-state index is -0.129. The molecule has 2 aromatic heterocycles. The predicted octanol–water partition coefficient (Wildman–Crippen LogP) is 1.37. The summed E-state index contributed by atoms with van der Waals surface area (Å²) in [7, 11) is 1.85. The van der Waals surface area contributed by atoms with Gasteiger partial charge in [-0.1, -0.05) is 0 Å². The van der Waals surface area contributed by atoms with Crippen LogP contribution >= 0.6 is 23.1 Å². The number of aliphatic hydroxyl groups excluding tert-OH is 1. The second-order valence-corrected chi connectivity index (χ2v) is 6.90. The van der Waals surface area contributed by atoms with Gasteiger partial charge in [0.15, 0.2) is 0 Å². The maximum absolute atomic E-state index is 12.2. The Morgan fingerprint density at radius 1 is 1.52 bits per heavy atom. The Bertz CT molecular complexity index is 636. The fourth-order valence-electron chi connectivity index (χ4n) is 2.08. The van der Waals surface area contributed by atoms with Gasteiger partial charge in [-0.3, -0.25) is 9.48 Å². The van der Waals surface area contributed by atoms with Crippen molar-refractivity contribution in [1.29, 1.82) is 0 Å². The van der Waals surface area contributed by atoms with Crippen LogP contribution in [0.2, 0.25) is 0 Å². The maximum atomic E-state index is 12.2. The van der Waals surface area contributed by atoms with E-state index in [0.29, 0.717) is 17.1 Å². The number of hydrogen-bond donors (Lipinski definition) is 3. The number of carbonyl (C=O) groups is 1. The van der Waals surface area contributed by atoms with E-state index in [1.807, 2.05) is 14.0 Å². The average Bonchev–Trinajstić information content (AvgIpc) is 2.93. The van der Waals surface area contributed by atoms with Crippen molar-refractivity contribution in [3.05, 3.63) is 10.6 Å². The van der Waals surface area contributed by atoms with Gasteiger partial charge in [0.25, 0.3) is 5.91 Å². The lowest BCUT2D eigenvalue weighted by atomic mass is 10.2. The molecule has 0 unspecified atom stereocenters. The molecule has 116 valence electrons. The molecule has 0 spiro atoms. The number of carbonyl (C=O) groups excluding carboxylic acids is 1. The molecule has 1 amide bonds. The number of nitrogens with one attached hydrogen (secondary N) is 1. The third kappa shape index (κ3) is 3.50. The smallest absolute Gasteiger partial charge is 0.263 e. The molecule has 6 nitrogen and oxygen atoms in total. The van der Waals surface area contributed by atoms with Crippen molar-refractivity contribution >= 4 is 44.9 Å². The molecule has 0 aliphatic rings. The molecule has 2 heterocycles. The van der Waals surface area contributed by atoms with Gasteiger partial charge in [-0.15, -0.1) is 11.3 Å². The second kappa shape index (κ2) is 7.15. The molecule has 2 rings (SSSR count). The first-order chi connectivity index (χ1) is 10.1. The number of anilines is 1. The number of aryl methyl sites for hydroxylation is 2. The van der Waals surface area contributed by atoms with E-state index in [0.717, 1.165) is 33.8 Å². The van der Waals surface area contributed by atoms with Crippen molar-refractivity contribution in [1.82, 2.24) is 15.1 Å². The summed E-state index contributed by atoms with van der Waals surface area (Å²) in [5.41, 5.74) is 7.45. The molecule has 0 radical (unpaired) electrons. The topological polar surface area (TPSA) is 93.2 Å². The molecule has 0 saturated carbocycles. The Morgan fingerprint density at radius 3 is 2.95 bits per heavy atom. The first-order valence-electron chi connectivity index (χ1n) is 6.74. The van der Waals surface area contributed by atoms with E-state index in [2.05, 4.69) is 10.4 Å². The van der Waals surface area contributed by atoms with Gasteiger partial charge in [-0.05, 0) is 19.1 Å². The highest BCUT2D eigenvalue weighted by atomic mass is 32.2. The number of thioether (sulfide) groups is 1. The van der Waals surface area contributed by atoms with Crippen molar-refractivity contribution in [2.24, 2.45) is 7.05 Å². The molecule has 0 aliphatic carbocycles. The number of aromatic nitrogens is 2. The van der Waals surface area contributed by atoms with Gasteiger partial charge < -0.3 is 16.2 Å². The van der Waals surface area contributed by atoms with Gasteiger partial charge in [0.2, 0.25) is 0 Å². The zero-order valence-corrected chi connectivity index (χ0v) is 13.8. The second-order valence-electron chi connectivity index (χ2n) is 4.68. The zero-order chi connectivity index (χ0) is 15.4. The van der Waals surface area contributed by atoms with Crippen LogP contribution in [0.4, 0.5) is 5.69 Å². The molecule has 0 saturated heterocycles. The van der Waals surface area contributed by atoms with Crippen molar-refractivity contribution in [2.45, 2.75) is 13.3 Å². The fourth-order valence-corrected chi connectivity index (χ4v) is 3.97. The van der Waals surface area contributed by atoms with Gasteiger partial charge in [0.1, 0.15) is 9.71 Å². The van der Waals surface area contributed by atoms with Crippen LogP contribution < -0.4 is 11.1 Å². The van der Waals surface area contributed by atoms with E-state index in [-0.39, 0.29) is 12.5 Å². The molecule has 0 bridgehead atoms. The van der Waals surface area contributed by atoms with Gasteiger partial charge in [0.05, 0.1) is 16.8 Å². The summed E-state index contributed by atoms with van der Waals surface area (Å²) >= 11 is 3.09. The Kier molecular flexibility index (Phi) is 5.49. The predicted molar refractivity (Wildman–Crippen MR) is 89.1 cm³/mol. The third-order valence-electron chi connectivity index (χ3n) is 3.07. The number of rotatable bonds is 7. The maximum Gasteiger partial charge on any atom is 0.263 e. The number of nitrogens with zero attached hydrogens (tertiary/aromatic N) is 2. The lowest BCUT2D eigenvalue weighted by molar-refractivity contribution is 0.0961. The molecule has 21 heavy (non-hydrogen) atoms. The number of fused-ring (bicyclic) bond motifs is 1. The fraction of sp³-hybridized carbons (Fsp3) is 0.538. The number of nitrogen functional groups attached to an aromatic ring is 1. The molecule has 0 atom stereocenters. The van der Waals surface area contributed by atoms with Crippen molar-refractivity contribution in [3.63, 3.8) is 0 Å². The van der Waals surface area contributed by atoms with Crippen LogP contribution in [0.25, 0.3) is 10.2 Å². The number of thiophene rings is 1. The number of nitrogens with two attached hydrogens (primary N) is 1. The molecule has 8 heteroatoms. The van der Waals surface area contributed by atoms with Crippen LogP contribution in [0, 0.1) is 6.92 Å². The summed E-state index contributed by atoms with van der Waals surface area (Å²) in [4.78, 5) is 13.7. The van der Waals surface area contributed by atoms with Crippen LogP contribution in [0.5, 0.6) is 0 Å². The van der Waals surface area contributed by atoms with Crippen molar-refractivity contribution in [3.8, 4) is 0 Å². The van der Waals surface area contributed by atoms with Gasteiger partial charge in [0, 0.05) is 26.0 Å². The molecule has 0 aromatic carbocycles. The first-order valence-corrected chi connectivity index (χ1v) is 8.71. The van der Waals surface area contributed by atoms with Crippen molar-refractivity contribution in [2.75, 3.05) is 30.4 Å². The van der Waals surface area contributed by atoms with Crippen molar-refractivity contribution < 1.29 is 9.90 Å². The Morgan fingerprint density at radius 2 is 2.29 bits per heavy atom. The van der Waals surface area contributed by atoms with E-state index in [4.69, 9.17) is 10.8 Å². The minimum Gasteiger partial charge on any atom is -0.397 e. The first kappa shape index (κ1) is 16.1.